The van der Waals surface area contributed by atoms with Gasteiger partial charge >= 0.3 is 5.97 Å². The number of hydrogen-bond donors (Lipinski definition) is 8. The number of phenols is 1. The highest BCUT2D eigenvalue weighted by Crippen LogP contribution is 2.30. The van der Waals surface area contributed by atoms with Gasteiger partial charge in [0.2, 0.25) is 0 Å². The van der Waals surface area contributed by atoms with E-state index in [0.717, 1.165) is 32.1 Å². The van der Waals surface area contributed by atoms with Crippen molar-refractivity contribution in [2.24, 2.45) is 0 Å². The van der Waals surface area contributed by atoms with Crippen LogP contribution in [-0.2, 0) is 28.5 Å². The zero-order valence-corrected chi connectivity index (χ0v) is 24.6. The first kappa shape index (κ1) is 36.0. The Bertz CT molecular complexity index is 1030. The van der Waals surface area contributed by atoms with Crippen LogP contribution >= 0.6 is 0 Å². The van der Waals surface area contributed by atoms with Crippen LogP contribution < -0.4 is 5.32 Å². The minimum atomic E-state index is -1.79. The third-order valence-electron chi connectivity index (χ3n) is 7.72. The first-order chi connectivity index (χ1) is 21.1. The molecule has 0 saturated carbocycles. The van der Waals surface area contributed by atoms with Crippen LogP contribution in [0, 0.1) is 0 Å². The number of aliphatic hydroxyl groups excluding tert-OH is 6. The zero-order chi connectivity index (χ0) is 32.2. The average Bonchev–Trinajstić information content (AvgIpc) is 3.02. The number of aromatic hydroxyl groups is 1. The number of methoxy groups -OCH3 is 1. The normalized spacial score (nSPS) is 32.2. The molecule has 2 fully saturated rings. The second kappa shape index (κ2) is 17.9. The monoisotopic (exact) mass is 631 g/mol. The number of carbonyl (C=O) groups is 2. The molecular weight excluding hydrogens is 586 g/mol. The number of esters is 1. The first-order valence-electron chi connectivity index (χ1n) is 14.8. The molecule has 1 aromatic rings. The van der Waals surface area contributed by atoms with Crippen LogP contribution in [0.3, 0.4) is 0 Å². The van der Waals surface area contributed by atoms with E-state index in [1.54, 1.807) is 6.07 Å². The summed E-state index contributed by atoms with van der Waals surface area (Å²) >= 11 is 0. The molecule has 1 amide bonds. The molecule has 2 heterocycles. The quantitative estimate of drug-likeness (QED) is 0.0781. The molecule has 0 aromatic heterocycles. The number of nitrogens with one attached hydrogen (secondary N) is 1. The Labute approximate surface area is 255 Å². The molecule has 10 atom stereocenters. The lowest BCUT2D eigenvalue weighted by molar-refractivity contribution is -0.348. The lowest BCUT2D eigenvalue weighted by atomic mass is 9.95. The lowest BCUT2D eigenvalue weighted by Crippen LogP contribution is -2.67. The standard InChI is InChI=1S/C29H45NO14/c1-40-20(34)12-6-4-2-3-5-9-13-41-28-21(30-27(39)16-10-7-8-11-17(16)33)23(36)26(19(15-32)43-28)44-29-25(38)24(37)22(35)18(14-31)42-29/h7-8,10-11,18-19,21-26,28-29,31-33,35-38H,2-6,9,12-15H2,1H3,(H,30,39)/t18?,19?,21?,22-,23?,24?,25?,26+,28-,29?/m1/s1. The van der Waals surface area contributed by atoms with Crippen molar-refractivity contribution in [1.29, 1.82) is 0 Å². The fraction of sp³-hybridized carbons (Fsp3) is 0.724. The van der Waals surface area contributed by atoms with E-state index in [2.05, 4.69) is 10.1 Å². The largest absolute Gasteiger partial charge is 0.507 e. The number of phenolic OH excluding ortho intramolecular Hbond substituents is 1. The molecule has 3 rings (SSSR count). The van der Waals surface area contributed by atoms with Crippen molar-refractivity contribution < 1.29 is 69.0 Å². The predicted molar refractivity (Wildman–Crippen MR) is 150 cm³/mol. The molecular formula is C29H45NO14. The molecule has 8 N–H and O–H groups in total. The Kier molecular flexibility index (Phi) is 14.7. The number of amides is 1. The summed E-state index contributed by atoms with van der Waals surface area (Å²) in [4.78, 5) is 24.3. The van der Waals surface area contributed by atoms with Crippen molar-refractivity contribution in [3.05, 3.63) is 29.8 Å². The summed E-state index contributed by atoms with van der Waals surface area (Å²) in [6, 6.07) is 4.47. The Morgan fingerprint density at radius 2 is 1.45 bits per heavy atom. The smallest absolute Gasteiger partial charge is 0.305 e. The zero-order valence-electron chi connectivity index (χ0n) is 24.6. The molecule has 0 bridgehead atoms. The van der Waals surface area contributed by atoms with Gasteiger partial charge < -0.3 is 64.7 Å². The number of aliphatic hydroxyl groups is 6. The maximum atomic E-state index is 13.1. The van der Waals surface area contributed by atoms with Crippen molar-refractivity contribution in [3.8, 4) is 5.75 Å². The maximum absolute atomic E-state index is 13.1. The van der Waals surface area contributed by atoms with Gasteiger partial charge in [-0.05, 0) is 25.0 Å². The molecule has 0 spiro atoms. The Morgan fingerprint density at radius 3 is 2.11 bits per heavy atom. The third-order valence-corrected chi connectivity index (χ3v) is 7.72. The maximum Gasteiger partial charge on any atom is 0.305 e. The van der Waals surface area contributed by atoms with Gasteiger partial charge in [0.25, 0.3) is 5.91 Å². The van der Waals surface area contributed by atoms with Gasteiger partial charge in [0, 0.05) is 13.0 Å². The molecule has 15 heteroatoms. The lowest BCUT2D eigenvalue weighted by Gasteiger charge is -2.47. The van der Waals surface area contributed by atoms with Crippen LogP contribution in [0.5, 0.6) is 5.75 Å². The molecule has 250 valence electrons. The highest BCUT2D eigenvalue weighted by molar-refractivity contribution is 5.97. The Hall–Kier alpha value is -2.44. The highest BCUT2D eigenvalue weighted by atomic mass is 16.7. The molecule has 44 heavy (non-hydrogen) atoms. The summed E-state index contributed by atoms with van der Waals surface area (Å²) in [6.45, 7) is -1.20. The Balaban J connectivity index is 1.67. The van der Waals surface area contributed by atoms with E-state index in [1.165, 1.54) is 25.3 Å². The number of ether oxygens (including phenoxy) is 5. The van der Waals surface area contributed by atoms with Crippen molar-refractivity contribution in [2.75, 3.05) is 26.9 Å². The number of para-hydroxylation sites is 1. The average molecular weight is 632 g/mol. The van der Waals surface area contributed by atoms with Crippen LogP contribution in [0.1, 0.15) is 55.3 Å². The fourth-order valence-electron chi connectivity index (χ4n) is 5.14. The van der Waals surface area contributed by atoms with Crippen molar-refractivity contribution in [2.45, 2.75) is 106 Å². The van der Waals surface area contributed by atoms with Crippen molar-refractivity contribution in [3.63, 3.8) is 0 Å². The van der Waals surface area contributed by atoms with Gasteiger partial charge in [0.15, 0.2) is 12.6 Å². The molecule has 15 nitrogen and oxygen atoms in total. The van der Waals surface area contributed by atoms with E-state index < -0.39 is 80.5 Å². The minimum Gasteiger partial charge on any atom is -0.507 e. The number of rotatable bonds is 16. The van der Waals surface area contributed by atoms with Crippen LogP contribution in [-0.4, -0.2) is 136 Å². The molecule has 7 unspecified atom stereocenters. The summed E-state index contributed by atoms with van der Waals surface area (Å²) in [5.41, 5.74) is -0.0821. The van der Waals surface area contributed by atoms with Gasteiger partial charge in [0.05, 0.1) is 25.9 Å². The Morgan fingerprint density at radius 1 is 0.818 bits per heavy atom. The van der Waals surface area contributed by atoms with E-state index in [1.807, 2.05) is 0 Å². The van der Waals surface area contributed by atoms with Crippen LogP contribution in [0.4, 0.5) is 0 Å². The summed E-state index contributed by atoms with van der Waals surface area (Å²) in [5.74, 6) is -1.30. The number of hydrogen-bond acceptors (Lipinski definition) is 14. The molecule has 0 radical (unpaired) electrons. The topological polar surface area (TPSA) is 234 Å². The van der Waals surface area contributed by atoms with Gasteiger partial charge in [-0.15, -0.1) is 0 Å². The molecule has 2 aliphatic rings. The number of carbonyl (C=O) groups excluding carboxylic acids is 2. The predicted octanol–water partition coefficient (Wildman–Crippen LogP) is -1.33. The van der Waals surface area contributed by atoms with Gasteiger partial charge in [-0.1, -0.05) is 37.8 Å². The van der Waals surface area contributed by atoms with Crippen LogP contribution in [0.2, 0.25) is 0 Å². The molecule has 0 aliphatic carbocycles. The van der Waals surface area contributed by atoms with Gasteiger partial charge in [-0.25, -0.2) is 0 Å². The van der Waals surface area contributed by atoms with Gasteiger partial charge in [-0.3, -0.25) is 9.59 Å². The summed E-state index contributed by atoms with van der Waals surface area (Å²) < 4.78 is 27.5. The summed E-state index contributed by atoms with van der Waals surface area (Å²) in [5, 5.41) is 74.4. The third kappa shape index (κ3) is 9.53. The van der Waals surface area contributed by atoms with Crippen molar-refractivity contribution in [1.82, 2.24) is 5.32 Å². The van der Waals surface area contributed by atoms with Gasteiger partial charge in [-0.2, -0.15) is 0 Å². The van der Waals surface area contributed by atoms with E-state index in [9.17, 15) is 45.3 Å². The molecule has 1 aromatic carbocycles. The second-order valence-corrected chi connectivity index (χ2v) is 10.8. The summed E-state index contributed by atoms with van der Waals surface area (Å²) in [7, 11) is 1.36. The first-order valence-corrected chi connectivity index (χ1v) is 14.8. The van der Waals surface area contributed by atoms with E-state index in [4.69, 9.17) is 18.9 Å². The molecule has 2 saturated heterocycles. The highest BCUT2D eigenvalue weighted by Gasteiger charge is 2.51. The van der Waals surface area contributed by atoms with E-state index >= 15 is 0 Å². The van der Waals surface area contributed by atoms with E-state index in [0.29, 0.717) is 12.8 Å². The molecule has 2 aliphatic heterocycles. The second-order valence-electron chi connectivity index (χ2n) is 10.8. The fourth-order valence-corrected chi connectivity index (χ4v) is 5.14. The van der Waals surface area contributed by atoms with Crippen LogP contribution in [0.25, 0.3) is 0 Å². The SMILES string of the molecule is COC(=O)CCCCCCCCO[C@@H]1OC(CO)[C@H](OC2OC(CO)[C@@H](O)C(O)C2O)C(O)C1NC(=O)c1ccccc1O. The van der Waals surface area contributed by atoms with Crippen molar-refractivity contribution >= 4 is 11.9 Å². The van der Waals surface area contributed by atoms with E-state index in [-0.39, 0.29) is 23.9 Å². The number of unbranched alkanes of at least 4 members (excludes halogenated alkanes) is 5. The van der Waals surface area contributed by atoms with Crippen LogP contribution in [0.15, 0.2) is 24.3 Å². The minimum absolute atomic E-state index is 0.0821. The van der Waals surface area contributed by atoms with Gasteiger partial charge in [0.1, 0.15) is 54.5 Å². The number of benzene rings is 1. The summed E-state index contributed by atoms with van der Waals surface area (Å²) in [6.07, 6.45) is -8.46.